The lowest BCUT2D eigenvalue weighted by Gasteiger charge is -2.13. The van der Waals surface area contributed by atoms with Crippen molar-refractivity contribution in [2.75, 3.05) is 5.32 Å². The molecule has 0 aliphatic rings. The number of alkyl halides is 3. The summed E-state index contributed by atoms with van der Waals surface area (Å²) in [5.74, 6) is 0.364. The zero-order valence-electron chi connectivity index (χ0n) is 15.2. The summed E-state index contributed by atoms with van der Waals surface area (Å²) in [6.45, 7) is 0. The van der Waals surface area contributed by atoms with Crippen molar-refractivity contribution in [2.24, 2.45) is 0 Å². The van der Waals surface area contributed by atoms with E-state index in [1.807, 2.05) is 60.7 Å². The van der Waals surface area contributed by atoms with E-state index in [1.54, 1.807) is 12.1 Å². The Hall–Kier alpha value is -3.67. The van der Waals surface area contributed by atoms with Crippen LogP contribution in [0.5, 0.6) is 0 Å². The lowest BCUT2D eigenvalue weighted by Crippen LogP contribution is -2.05. The van der Waals surface area contributed by atoms with Gasteiger partial charge < -0.3 is 5.32 Å². The van der Waals surface area contributed by atoms with Gasteiger partial charge in [-0.05, 0) is 29.8 Å². The Labute approximate surface area is 165 Å². The molecule has 1 heterocycles. The van der Waals surface area contributed by atoms with E-state index in [-0.39, 0.29) is 0 Å². The van der Waals surface area contributed by atoms with Gasteiger partial charge in [0.25, 0.3) is 0 Å². The molecule has 0 bridgehead atoms. The van der Waals surface area contributed by atoms with Gasteiger partial charge in [0.1, 0.15) is 5.69 Å². The average molecular weight is 391 g/mol. The first-order valence-corrected chi connectivity index (χ1v) is 8.93. The third-order valence-electron chi connectivity index (χ3n) is 4.39. The number of benzene rings is 3. The van der Waals surface area contributed by atoms with Gasteiger partial charge in [0.2, 0.25) is 0 Å². The number of aromatic nitrogens is 2. The third kappa shape index (κ3) is 4.27. The Bertz CT molecular complexity index is 1110. The van der Waals surface area contributed by atoms with Crippen molar-refractivity contribution in [3.8, 4) is 22.4 Å². The third-order valence-corrected chi connectivity index (χ3v) is 4.39. The fraction of sp³-hybridized carbons (Fsp3) is 0.0435. The molecule has 1 aromatic heterocycles. The Kier molecular flexibility index (Phi) is 4.99. The number of halogens is 3. The van der Waals surface area contributed by atoms with Gasteiger partial charge in [-0.1, -0.05) is 66.7 Å². The van der Waals surface area contributed by atoms with E-state index in [2.05, 4.69) is 15.5 Å². The predicted molar refractivity (Wildman–Crippen MR) is 108 cm³/mol. The second-order valence-electron chi connectivity index (χ2n) is 6.43. The molecule has 0 aliphatic carbocycles. The molecule has 3 nitrogen and oxygen atoms in total. The molecule has 0 spiro atoms. The normalized spacial score (nSPS) is 11.3. The molecule has 0 unspecified atom stereocenters. The molecule has 0 saturated carbocycles. The van der Waals surface area contributed by atoms with Gasteiger partial charge in [-0.2, -0.15) is 13.2 Å². The number of rotatable bonds is 4. The Balaban J connectivity index is 1.75. The van der Waals surface area contributed by atoms with Crippen LogP contribution in [0.4, 0.5) is 24.7 Å². The minimum atomic E-state index is -4.41. The highest BCUT2D eigenvalue weighted by Gasteiger charge is 2.30. The van der Waals surface area contributed by atoms with Crippen LogP contribution in [0.2, 0.25) is 0 Å². The van der Waals surface area contributed by atoms with E-state index in [9.17, 15) is 13.2 Å². The van der Waals surface area contributed by atoms with Crippen molar-refractivity contribution < 1.29 is 13.2 Å². The summed E-state index contributed by atoms with van der Waals surface area (Å²) in [7, 11) is 0. The van der Waals surface area contributed by atoms with Crippen molar-refractivity contribution in [3.05, 3.63) is 96.6 Å². The van der Waals surface area contributed by atoms with Crippen LogP contribution in [0.15, 0.2) is 91.0 Å². The number of nitrogens with one attached hydrogen (secondary N) is 1. The highest BCUT2D eigenvalue weighted by molar-refractivity contribution is 5.82. The van der Waals surface area contributed by atoms with Crippen molar-refractivity contribution in [2.45, 2.75) is 6.18 Å². The molecule has 4 rings (SSSR count). The Morgan fingerprint density at radius 1 is 0.655 bits per heavy atom. The van der Waals surface area contributed by atoms with Gasteiger partial charge >= 0.3 is 6.18 Å². The monoisotopic (exact) mass is 391 g/mol. The topological polar surface area (TPSA) is 37.8 Å². The van der Waals surface area contributed by atoms with E-state index in [0.717, 1.165) is 28.8 Å². The van der Waals surface area contributed by atoms with Gasteiger partial charge in [0.05, 0.1) is 5.56 Å². The van der Waals surface area contributed by atoms with E-state index < -0.39 is 11.7 Å². The number of hydrogen-bond acceptors (Lipinski definition) is 3. The van der Waals surface area contributed by atoms with Gasteiger partial charge in [-0.15, -0.1) is 10.2 Å². The molecule has 0 fully saturated rings. The summed E-state index contributed by atoms with van der Waals surface area (Å²) in [6, 6.07) is 26.1. The van der Waals surface area contributed by atoms with Crippen LogP contribution in [-0.4, -0.2) is 10.2 Å². The first kappa shape index (κ1) is 18.7. The summed E-state index contributed by atoms with van der Waals surface area (Å²) in [4.78, 5) is 0. The van der Waals surface area contributed by atoms with Crippen molar-refractivity contribution in [3.63, 3.8) is 0 Å². The van der Waals surface area contributed by atoms with E-state index in [1.165, 1.54) is 6.07 Å². The quantitative estimate of drug-likeness (QED) is 0.427. The predicted octanol–water partition coefficient (Wildman–Crippen LogP) is 6.57. The minimum Gasteiger partial charge on any atom is -0.339 e. The van der Waals surface area contributed by atoms with Gasteiger partial charge in [-0.3, -0.25) is 0 Å². The zero-order chi connectivity index (χ0) is 20.3. The van der Waals surface area contributed by atoms with Crippen molar-refractivity contribution >= 4 is 11.5 Å². The van der Waals surface area contributed by atoms with Crippen LogP contribution < -0.4 is 5.32 Å². The number of hydrogen-bond donors (Lipinski definition) is 1. The molecule has 0 atom stereocenters. The molecule has 0 aliphatic heterocycles. The first-order valence-electron chi connectivity index (χ1n) is 8.93. The number of anilines is 2. The molecule has 0 saturated heterocycles. The Morgan fingerprint density at radius 3 is 1.97 bits per heavy atom. The molecule has 29 heavy (non-hydrogen) atoms. The summed E-state index contributed by atoms with van der Waals surface area (Å²) in [5, 5.41) is 11.5. The SMILES string of the molecule is FC(F)(F)c1cccc(Nc2cc(-c3ccccc3)c(-c3ccccc3)nn2)c1. The van der Waals surface area contributed by atoms with E-state index >= 15 is 0 Å². The van der Waals surface area contributed by atoms with Crippen molar-refractivity contribution in [1.82, 2.24) is 10.2 Å². The van der Waals surface area contributed by atoms with Crippen LogP contribution in [0.3, 0.4) is 0 Å². The van der Waals surface area contributed by atoms with Crippen LogP contribution in [0.1, 0.15) is 5.56 Å². The van der Waals surface area contributed by atoms with E-state index in [4.69, 9.17) is 0 Å². The molecule has 144 valence electrons. The van der Waals surface area contributed by atoms with Crippen LogP contribution in [0, 0.1) is 0 Å². The second-order valence-corrected chi connectivity index (χ2v) is 6.43. The molecule has 1 N–H and O–H groups in total. The van der Waals surface area contributed by atoms with Gasteiger partial charge in [0.15, 0.2) is 5.82 Å². The van der Waals surface area contributed by atoms with Crippen LogP contribution in [0.25, 0.3) is 22.4 Å². The molecule has 6 heteroatoms. The van der Waals surface area contributed by atoms with Gasteiger partial charge in [0, 0.05) is 16.8 Å². The summed E-state index contributed by atoms with van der Waals surface area (Å²) >= 11 is 0. The maximum absolute atomic E-state index is 13.0. The average Bonchev–Trinajstić information content (AvgIpc) is 2.75. The Morgan fingerprint density at radius 2 is 1.31 bits per heavy atom. The highest BCUT2D eigenvalue weighted by atomic mass is 19.4. The smallest absolute Gasteiger partial charge is 0.339 e. The van der Waals surface area contributed by atoms with E-state index in [0.29, 0.717) is 17.2 Å². The molecule has 4 aromatic rings. The second kappa shape index (κ2) is 7.75. The standard InChI is InChI=1S/C23H16F3N3/c24-23(25,26)18-12-7-13-19(14-18)27-21-15-20(16-8-3-1-4-9-16)22(29-28-21)17-10-5-2-6-11-17/h1-15H,(H,27,28). The maximum Gasteiger partial charge on any atom is 0.416 e. The van der Waals surface area contributed by atoms with Crippen LogP contribution in [-0.2, 0) is 6.18 Å². The zero-order valence-corrected chi connectivity index (χ0v) is 15.2. The molecular weight excluding hydrogens is 375 g/mol. The minimum absolute atomic E-state index is 0.292. The molecular formula is C23H16F3N3. The summed E-state index contributed by atoms with van der Waals surface area (Å²) in [5.41, 5.74) is 2.95. The summed E-state index contributed by atoms with van der Waals surface area (Å²) in [6.07, 6.45) is -4.41. The molecule has 0 radical (unpaired) electrons. The lowest BCUT2D eigenvalue weighted by molar-refractivity contribution is -0.137. The van der Waals surface area contributed by atoms with Gasteiger partial charge in [-0.25, -0.2) is 0 Å². The fourth-order valence-electron chi connectivity index (χ4n) is 3.02. The largest absolute Gasteiger partial charge is 0.416 e. The molecule has 3 aromatic carbocycles. The van der Waals surface area contributed by atoms with Crippen molar-refractivity contribution in [1.29, 1.82) is 0 Å². The maximum atomic E-state index is 13.0. The molecule has 0 amide bonds. The fourth-order valence-corrected chi connectivity index (χ4v) is 3.02. The lowest BCUT2D eigenvalue weighted by atomic mass is 10.00. The van der Waals surface area contributed by atoms with Crippen LogP contribution >= 0.6 is 0 Å². The number of nitrogens with zero attached hydrogens (tertiary/aromatic N) is 2. The first-order chi connectivity index (χ1) is 14.0. The summed E-state index contributed by atoms with van der Waals surface area (Å²) < 4.78 is 38.9. The highest BCUT2D eigenvalue weighted by Crippen LogP contribution is 2.33.